The van der Waals surface area contributed by atoms with Crippen molar-refractivity contribution < 1.29 is 9.15 Å². The maximum Gasteiger partial charge on any atom is 0.191 e. The van der Waals surface area contributed by atoms with Crippen LogP contribution < -0.4 is 10.6 Å². The van der Waals surface area contributed by atoms with Gasteiger partial charge in [0.2, 0.25) is 0 Å². The van der Waals surface area contributed by atoms with Crippen LogP contribution in [0.1, 0.15) is 52.2 Å². The van der Waals surface area contributed by atoms with E-state index in [4.69, 9.17) is 9.15 Å². The van der Waals surface area contributed by atoms with Crippen LogP contribution in [-0.4, -0.2) is 37.8 Å². The molecule has 0 amide bonds. The highest BCUT2D eigenvalue weighted by Gasteiger charge is 2.28. The van der Waals surface area contributed by atoms with Gasteiger partial charge in [0, 0.05) is 25.6 Å². The fraction of sp³-hybridized carbons (Fsp3) is 0.667. The Morgan fingerprint density at radius 1 is 1.37 bits per heavy atom. The van der Waals surface area contributed by atoms with E-state index < -0.39 is 0 Å². The number of hydrogen-bond acceptors (Lipinski definition) is 3. The van der Waals surface area contributed by atoms with Gasteiger partial charge in [0.25, 0.3) is 0 Å². The number of hydrogen-bond donors (Lipinski definition) is 2. The molecule has 2 N–H and O–H groups in total. The van der Waals surface area contributed by atoms with Crippen molar-refractivity contribution in [3.05, 3.63) is 36.3 Å². The highest BCUT2D eigenvalue weighted by Crippen LogP contribution is 2.25. The number of halogens is 1. The molecule has 6 heteroatoms. The predicted octanol–water partition coefficient (Wildman–Crippen LogP) is 4.54. The number of rotatable bonds is 9. The Balaban J connectivity index is 0.00000364. The standard InChI is InChI=1S/C21H35N3O2.HI/c1-5-17(6-2)20-14-18(10-13-26-20)24-21(23-15-16(3)4)22-11-9-19-8-7-12-25-19;/h7-8,12,17-18,20H,3,5-6,9-11,13-15H2,1-2,4H3,(H2,22,23,24);1H. The summed E-state index contributed by atoms with van der Waals surface area (Å²) >= 11 is 0. The lowest BCUT2D eigenvalue weighted by Gasteiger charge is -2.35. The molecule has 1 fully saturated rings. The van der Waals surface area contributed by atoms with Crippen LogP contribution in [0.4, 0.5) is 0 Å². The van der Waals surface area contributed by atoms with Crippen LogP contribution in [0, 0.1) is 5.92 Å². The average Bonchev–Trinajstić information content (AvgIpc) is 3.14. The lowest BCUT2D eigenvalue weighted by Crippen LogP contribution is -2.48. The van der Waals surface area contributed by atoms with Crippen LogP contribution in [0.15, 0.2) is 40.0 Å². The molecule has 2 rings (SSSR count). The largest absolute Gasteiger partial charge is 0.469 e. The van der Waals surface area contributed by atoms with Crippen molar-refractivity contribution in [3.8, 4) is 0 Å². The third-order valence-electron chi connectivity index (χ3n) is 4.98. The summed E-state index contributed by atoms with van der Waals surface area (Å²) in [5, 5.41) is 7.04. The molecule has 0 saturated carbocycles. The van der Waals surface area contributed by atoms with Gasteiger partial charge >= 0.3 is 0 Å². The van der Waals surface area contributed by atoms with Crippen molar-refractivity contribution >= 4 is 29.9 Å². The third-order valence-corrected chi connectivity index (χ3v) is 4.98. The van der Waals surface area contributed by atoms with E-state index in [1.807, 2.05) is 19.1 Å². The molecule has 27 heavy (non-hydrogen) atoms. The summed E-state index contributed by atoms with van der Waals surface area (Å²) in [6.45, 7) is 12.7. The SMILES string of the molecule is C=C(C)CN=C(NCCc1ccco1)NC1CCOC(C(CC)CC)C1.I. The van der Waals surface area contributed by atoms with E-state index in [0.29, 0.717) is 24.6 Å². The van der Waals surface area contributed by atoms with E-state index in [-0.39, 0.29) is 24.0 Å². The summed E-state index contributed by atoms with van der Waals surface area (Å²) in [7, 11) is 0. The zero-order valence-electron chi connectivity index (χ0n) is 17.0. The van der Waals surface area contributed by atoms with Crippen molar-refractivity contribution in [2.75, 3.05) is 19.7 Å². The maximum atomic E-state index is 6.04. The molecule has 1 aromatic rings. The number of nitrogens with zero attached hydrogens (tertiary/aromatic N) is 1. The Morgan fingerprint density at radius 3 is 2.78 bits per heavy atom. The molecule has 2 heterocycles. The third kappa shape index (κ3) is 8.68. The summed E-state index contributed by atoms with van der Waals surface area (Å²) in [5.74, 6) is 2.48. The van der Waals surface area contributed by atoms with Crippen LogP contribution in [0.3, 0.4) is 0 Å². The molecule has 0 bridgehead atoms. The van der Waals surface area contributed by atoms with E-state index in [9.17, 15) is 0 Å². The van der Waals surface area contributed by atoms with Crippen LogP contribution >= 0.6 is 24.0 Å². The van der Waals surface area contributed by atoms with Gasteiger partial charge in [-0.05, 0) is 37.8 Å². The minimum atomic E-state index is 0. The zero-order chi connectivity index (χ0) is 18.8. The van der Waals surface area contributed by atoms with Crippen molar-refractivity contribution in [2.45, 2.75) is 65.0 Å². The lowest BCUT2D eigenvalue weighted by molar-refractivity contribution is -0.0324. The minimum absolute atomic E-state index is 0. The molecule has 0 spiro atoms. The zero-order valence-corrected chi connectivity index (χ0v) is 19.3. The first-order valence-electron chi connectivity index (χ1n) is 9.95. The molecule has 5 nitrogen and oxygen atoms in total. The number of aliphatic imine (C=N–C) groups is 1. The normalized spacial score (nSPS) is 20.2. The Morgan fingerprint density at radius 2 is 2.15 bits per heavy atom. The van der Waals surface area contributed by atoms with Gasteiger partial charge < -0.3 is 19.8 Å². The van der Waals surface area contributed by atoms with Gasteiger partial charge in [0.05, 0.1) is 18.9 Å². The molecule has 0 radical (unpaired) electrons. The van der Waals surface area contributed by atoms with E-state index in [1.165, 1.54) is 12.8 Å². The number of furan rings is 1. The average molecular weight is 489 g/mol. The maximum absolute atomic E-state index is 6.04. The lowest BCUT2D eigenvalue weighted by atomic mass is 9.89. The number of nitrogens with one attached hydrogen (secondary N) is 2. The van der Waals surface area contributed by atoms with Crippen LogP contribution in [0.25, 0.3) is 0 Å². The second-order valence-corrected chi connectivity index (χ2v) is 7.23. The van der Waals surface area contributed by atoms with E-state index in [2.05, 4.69) is 36.1 Å². The second kappa shape index (κ2) is 13.2. The van der Waals surface area contributed by atoms with Crippen molar-refractivity contribution in [1.82, 2.24) is 10.6 Å². The quantitative estimate of drug-likeness (QED) is 0.232. The number of guanidine groups is 1. The molecule has 1 aliphatic rings. The van der Waals surface area contributed by atoms with Crippen LogP contribution in [0.2, 0.25) is 0 Å². The van der Waals surface area contributed by atoms with Gasteiger partial charge in [0.1, 0.15) is 5.76 Å². The van der Waals surface area contributed by atoms with Gasteiger partial charge in [-0.3, -0.25) is 0 Å². The molecule has 0 aromatic carbocycles. The van der Waals surface area contributed by atoms with Crippen molar-refractivity contribution in [3.63, 3.8) is 0 Å². The van der Waals surface area contributed by atoms with Crippen molar-refractivity contribution in [1.29, 1.82) is 0 Å². The number of ether oxygens (including phenoxy) is 1. The van der Waals surface area contributed by atoms with Gasteiger partial charge in [-0.25, -0.2) is 4.99 Å². The predicted molar refractivity (Wildman–Crippen MR) is 123 cm³/mol. The molecule has 1 aromatic heterocycles. The Hall–Kier alpha value is -1.02. The molecular weight excluding hydrogens is 453 g/mol. The van der Waals surface area contributed by atoms with E-state index >= 15 is 0 Å². The first-order chi connectivity index (χ1) is 12.6. The van der Waals surface area contributed by atoms with Crippen LogP contribution in [-0.2, 0) is 11.2 Å². The van der Waals surface area contributed by atoms with Gasteiger partial charge in [0.15, 0.2) is 5.96 Å². The summed E-state index contributed by atoms with van der Waals surface area (Å²) in [6.07, 6.45) is 7.30. The smallest absolute Gasteiger partial charge is 0.191 e. The van der Waals surface area contributed by atoms with E-state index in [1.54, 1.807) is 6.26 Å². The minimum Gasteiger partial charge on any atom is -0.469 e. The summed E-state index contributed by atoms with van der Waals surface area (Å²) in [4.78, 5) is 4.67. The molecule has 154 valence electrons. The topological polar surface area (TPSA) is 58.8 Å². The first-order valence-corrected chi connectivity index (χ1v) is 9.95. The highest BCUT2D eigenvalue weighted by atomic mass is 127. The molecule has 2 atom stereocenters. The van der Waals surface area contributed by atoms with Crippen molar-refractivity contribution in [2.24, 2.45) is 10.9 Å². The summed E-state index contributed by atoms with van der Waals surface area (Å²) in [6, 6.07) is 4.32. The fourth-order valence-electron chi connectivity index (χ4n) is 3.42. The molecule has 2 unspecified atom stereocenters. The monoisotopic (exact) mass is 489 g/mol. The Bertz CT molecular complexity index is 556. The molecule has 0 aliphatic carbocycles. The van der Waals surface area contributed by atoms with Gasteiger partial charge in [-0.2, -0.15) is 0 Å². The fourth-order valence-corrected chi connectivity index (χ4v) is 3.42. The highest BCUT2D eigenvalue weighted by molar-refractivity contribution is 14.0. The Labute approximate surface area is 181 Å². The van der Waals surface area contributed by atoms with Gasteiger partial charge in [-0.1, -0.05) is 38.8 Å². The van der Waals surface area contributed by atoms with E-state index in [0.717, 1.165) is 49.7 Å². The first kappa shape index (κ1) is 24.0. The van der Waals surface area contributed by atoms with Gasteiger partial charge in [-0.15, -0.1) is 24.0 Å². The second-order valence-electron chi connectivity index (χ2n) is 7.23. The summed E-state index contributed by atoms with van der Waals surface area (Å²) < 4.78 is 11.4. The molecule has 1 saturated heterocycles. The summed E-state index contributed by atoms with van der Waals surface area (Å²) in [5.41, 5.74) is 1.05. The van der Waals surface area contributed by atoms with Crippen LogP contribution in [0.5, 0.6) is 0 Å². The molecular formula is C21H36IN3O2. The Kier molecular flexibility index (Phi) is 11.7. The molecule has 1 aliphatic heterocycles.